The Labute approximate surface area is 94.4 Å². The fourth-order valence-electron chi connectivity index (χ4n) is 1.64. The minimum atomic E-state index is -0.787. The second-order valence-corrected chi connectivity index (χ2v) is 4.09. The maximum absolute atomic E-state index is 9.65. The predicted molar refractivity (Wildman–Crippen MR) is 58.2 cm³/mol. The topological polar surface area (TPSA) is 58.9 Å². The van der Waals surface area contributed by atoms with E-state index in [2.05, 4.69) is 0 Å². The maximum atomic E-state index is 9.65. The van der Waals surface area contributed by atoms with E-state index in [0.717, 1.165) is 5.56 Å². The van der Waals surface area contributed by atoms with Crippen molar-refractivity contribution in [3.8, 4) is 5.75 Å². The van der Waals surface area contributed by atoms with Crippen LogP contribution in [-0.2, 0) is 4.74 Å². The van der Waals surface area contributed by atoms with Gasteiger partial charge in [-0.3, -0.25) is 0 Å². The van der Waals surface area contributed by atoms with Crippen molar-refractivity contribution in [3.05, 3.63) is 29.8 Å². The van der Waals surface area contributed by atoms with Gasteiger partial charge >= 0.3 is 0 Å². The summed E-state index contributed by atoms with van der Waals surface area (Å²) in [6.45, 7) is 2.19. The van der Waals surface area contributed by atoms with Crippen LogP contribution in [0.1, 0.15) is 12.0 Å². The molecule has 1 saturated heterocycles. The first-order valence-electron chi connectivity index (χ1n) is 5.36. The van der Waals surface area contributed by atoms with Crippen molar-refractivity contribution < 1.29 is 19.7 Å². The number of ether oxygens (including phenoxy) is 2. The van der Waals surface area contributed by atoms with E-state index in [-0.39, 0.29) is 13.0 Å². The summed E-state index contributed by atoms with van der Waals surface area (Å²) in [4.78, 5) is 0. The van der Waals surface area contributed by atoms with Gasteiger partial charge in [0.25, 0.3) is 0 Å². The molecule has 88 valence electrons. The first-order valence-corrected chi connectivity index (χ1v) is 5.36. The summed E-state index contributed by atoms with van der Waals surface area (Å²) in [7, 11) is 0. The number of aryl methyl sites for hydroxylation is 1. The Morgan fingerprint density at radius 2 is 1.94 bits per heavy atom. The molecule has 3 atom stereocenters. The lowest BCUT2D eigenvalue weighted by molar-refractivity contribution is -0.198. The van der Waals surface area contributed by atoms with E-state index in [9.17, 15) is 10.2 Å². The lowest BCUT2D eigenvalue weighted by atomic mass is 10.1. The molecule has 0 radical (unpaired) electrons. The summed E-state index contributed by atoms with van der Waals surface area (Å²) in [5.74, 6) is 0.658. The van der Waals surface area contributed by atoms with E-state index < -0.39 is 18.5 Å². The Hall–Kier alpha value is -1.10. The van der Waals surface area contributed by atoms with Crippen molar-refractivity contribution in [1.82, 2.24) is 0 Å². The molecule has 2 rings (SSSR count). The van der Waals surface area contributed by atoms with Crippen LogP contribution in [0.3, 0.4) is 0 Å². The highest BCUT2D eigenvalue weighted by molar-refractivity contribution is 5.26. The monoisotopic (exact) mass is 224 g/mol. The van der Waals surface area contributed by atoms with E-state index in [1.807, 2.05) is 31.2 Å². The lowest BCUT2D eigenvalue weighted by Crippen LogP contribution is -2.44. The van der Waals surface area contributed by atoms with Gasteiger partial charge in [-0.15, -0.1) is 0 Å². The minimum Gasteiger partial charge on any atom is -0.462 e. The minimum absolute atomic E-state index is 0.202. The number of aliphatic hydroxyl groups is 2. The van der Waals surface area contributed by atoms with Gasteiger partial charge in [0, 0.05) is 6.42 Å². The highest BCUT2D eigenvalue weighted by Crippen LogP contribution is 2.20. The van der Waals surface area contributed by atoms with Gasteiger partial charge in [-0.25, -0.2) is 0 Å². The van der Waals surface area contributed by atoms with Crippen molar-refractivity contribution in [2.75, 3.05) is 6.61 Å². The Balaban J connectivity index is 1.96. The molecule has 1 fully saturated rings. The predicted octanol–water partition coefficient (Wildman–Crippen LogP) is 0.842. The van der Waals surface area contributed by atoms with Gasteiger partial charge < -0.3 is 19.7 Å². The molecule has 1 heterocycles. The largest absolute Gasteiger partial charge is 0.462 e. The smallest absolute Gasteiger partial charge is 0.226 e. The van der Waals surface area contributed by atoms with Crippen LogP contribution in [0.5, 0.6) is 5.75 Å². The SMILES string of the molecule is Cc1ccc(OC2OCC(O)CC2O)cc1. The van der Waals surface area contributed by atoms with Crippen molar-refractivity contribution >= 4 is 0 Å². The summed E-state index contributed by atoms with van der Waals surface area (Å²) >= 11 is 0. The molecule has 0 aliphatic carbocycles. The number of hydrogen-bond acceptors (Lipinski definition) is 4. The molecule has 2 N–H and O–H groups in total. The van der Waals surface area contributed by atoms with Gasteiger partial charge in [0.15, 0.2) is 0 Å². The fourth-order valence-corrected chi connectivity index (χ4v) is 1.64. The van der Waals surface area contributed by atoms with Crippen LogP contribution < -0.4 is 4.74 Å². The first kappa shape index (κ1) is 11.4. The van der Waals surface area contributed by atoms with E-state index in [4.69, 9.17) is 9.47 Å². The van der Waals surface area contributed by atoms with Crippen LogP contribution in [-0.4, -0.2) is 35.3 Å². The third-order valence-corrected chi connectivity index (χ3v) is 2.55. The number of benzene rings is 1. The van der Waals surface area contributed by atoms with E-state index in [1.54, 1.807) is 0 Å². The van der Waals surface area contributed by atoms with Crippen molar-refractivity contribution in [1.29, 1.82) is 0 Å². The van der Waals surface area contributed by atoms with Crippen molar-refractivity contribution in [2.24, 2.45) is 0 Å². The molecule has 16 heavy (non-hydrogen) atoms. The zero-order valence-corrected chi connectivity index (χ0v) is 9.17. The summed E-state index contributed by atoms with van der Waals surface area (Å²) in [6, 6.07) is 7.52. The van der Waals surface area contributed by atoms with Gasteiger partial charge in [-0.1, -0.05) is 17.7 Å². The van der Waals surface area contributed by atoms with Crippen LogP contribution in [0.25, 0.3) is 0 Å². The molecule has 0 bridgehead atoms. The Kier molecular flexibility index (Phi) is 3.43. The third kappa shape index (κ3) is 2.72. The van der Waals surface area contributed by atoms with E-state index >= 15 is 0 Å². The lowest BCUT2D eigenvalue weighted by Gasteiger charge is -2.31. The van der Waals surface area contributed by atoms with Gasteiger partial charge in [0.1, 0.15) is 11.9 Å². The summed E-state index contributed by atoms with van der Waals surface area (Å²) in [5.41, 5.74) is 1.15. The highest BCUT2D eigenvalue weighted by atomic mass is 16.7. The molecule has 0 aromatic heterocycles. The van der Waals surface area contributed by atoms with E-state index in [1.165, 1.54) is 0 Å². The second kappa shape index (κ2) is 4.82. The molecule has 3 unspecified atom stereocenters. The first-order chi connectivity index (χ1) is 7.65. The highest BCUT2D eigenvalue weighted by Gasteiger charge is 2.30. The van der Waals surface area contributed by atoms with Crippen LogP contribution in [0.2, 0.25) is 0 Å². The van der Waals surface area contributed by atoms with Gasteiger partial charge in [0.05, 0.1) is 12.7 Å². The third-order valence-electron chi connectivity index (χ3n) is 2.55. The van der Waals surface area contributed by atoms with Gasteiger partial charge in [0.2, 0.25) is 6.29 Å². The molecule has 1 aromatic rings. The van der Waals surface area contributed by atoms with Crippen LogP contribution >= 0.6 is 0 Å². The van der Waals surface area contributed by atoms with Crippen molar-refractivity contribution in [2.45, 2.75) is 31.8 Å². The summed E-state index contributed by atoms with van der Waals surface area (Å²) in [6.07, 6.45) is -1.79. The molecule has 4 nitrogen and oxygen atoms in total. The zero-order chi connectivity index (χ0) is 11.5. The number of rotatable bonds is 2. The molecular formula is C12H16O4. The fraction of sp³-hybridized carbons (Fsp3) is 0.500. The van der Waals surface area contributed by atoms with Crippen LogP contribution in [0, 0.1) is 6.92 Å². The molecule has 0 spiro atoms. The molecule has 0 amide bonds. The summed E-state index contributed by atoms with van der Waals surface area (Å²) in [5, 5.41) is 18.9. The molecular weight excluding hydrogens is 208 g/mol. The normalized spacial score (nSPS) is 30.1. The molecule has 0 saturated carbocycles. The summed E-state index contributed by atoms with van der Waals surface area (Å²) < 4.78 is 10.7. The molecule has 1 aliphatic rings. The van der Waals surface area contributed by atoms with Crippen molar-refractivity contribution in [3.63, 3.8) is 0 Å². The van der Waals surface area contributed by atoms with Crippen LogP contribution in [0.15, 0.2) is 24.3 Å². The maximum Gasteiger partial charge on any atom is 0.226 e. The number of aliphatic hydroxyl groups excluding tert-OH is 2. The Bertz CT molecular complexity index is 335. The second-order valence-electron chi connectivity index (χ2n) is 4.09. The van der Waals surface area contributed by atoms with E-state index in [0.29, 0.717) is 5.75 Å². The Morgan fingerprint density at radius 3 is 2.56 bits per heavy atom. The average Bonchev–Trinajstić information content (AvgIpc) is 2.25. The average molecular weight is 224 g/mol. The molecule has 1 aliphatic heterocycles. The zero-order valence-electron chi connectivity index (χ0n) is 9.17. The molecule has 4 heteroatoms. The molecule has 1 aromatic carbocycles. The Morgan fingerprint density at radius 1 is 1.25 bits per heavy atom. The standard InChI is InChI=1S/C12H16O4/c1-8-2-4-10(5-3-8)16-12-11(14)6-9(13)7-15-12/h2-5,9,11-14H,6-7H2,1H3. The van der Waals surface area contributed by atoms with Gasteiger partial charge in [-0.05, 0) is 19.1 Å². The number of hydrogen-bond donors (Lipinski definition) is 2. The van der Waals surface area contributed by atoms with Gasteiger partial charge in [-0.2, -0.15) is 0 Å². The quantitative estimate of drug-likeness (QED) is 0.781. The van der Waals surface area contributed by atoms with Crippen LogP contribution in [0.4, 0.5) is 0 Å².